The molecule has 9 aromatic rings. The van der Waals surface area contributed by atoms with Gasteiger partial charge in [0.25, 0.3) is 12.7 Å². The molecule has 11 heteroatoms. The van der Waals surface area contributed by atoms with E-state index in [2.05, 4.69) is 194 Å². The minimum absolute atomic E-state index is 0.317. The molecule has 0 unspecified atom stereocenters. The van der Waals surface area contributed by atoms with Crippen molar-refractivity contribution in [1.29, 1.82) is 0 Å². The molecule has 3 aromatic heterocycles. The lowest BCUT2D eigenvalue weighted by Crippen LogP contribution is -2.35. The zero-order valence-electron chi connectivity index (χ0n) is 56.9. The molecule has 0 saturated heterocycles. The fourth-order valence-corrected chi connectivity index (χ4v) is 12.9. The van der Waals surface area contributed by atoms with Gasteiger partial charge in [-0.3, -0.25) is 0 Å². The summed E-state index contributed by atoms with van der Waals surface area (Å²) in [6.45, 7) is 32.7. The minimum atomic E-state index is -4.47. The summed E-state index contributed by atoms with van der Waals surface area (Å²) in [5.74, 6) is 0.720. The summed E-state index contributed by atoms with van der Waals surface area (Å²) in [6.07, 6.45) is 1.40. The van der Waals surface area contributed by atoms with E-state index in [1.54, 1.807) is 18.5 Å². The third kappa shape index (κ3) is 15.6. The van der Waals surface area contributed by atoms with Gasteiger partial charge in [-0.2, -0.15) is 26.3 Å². The van der Waals surface area contributed by atoms with Gasteiger partial charge in [-0.05, 0) is 240 Å². The number of halogens is 6. The first-order chi connectivity index (χ1) is 41.8. The van der Waals surface area contributed by atoms with E-state index < -0.39 is 23.2 Å². The van der Waals surface area contributed by atoms with E-state index >= 15 is 0 Å². The summed E-state index contributed by atoms with van der Waals surface area (Å²) in [6, 6.07) is 38.1. The number of aromatic nitrogens is 5. The normalized spacial score (nSPS) is 13.8. The van der Waals surface area contributed by atoms with Crippen molar-refractivity contribution < 1.29 is 40.0 Å². The molecule has 0 N–H and O–H groups in total. The Morgan fingerprint density at radius 3 is 1.29 bits per heavy atom. The van der Waals surface area contributed by atoms with Crippen LogP contribution in [0.15, 0.2) is 128 Å². The predicted molar refractivity (Wildman–Crippen MR) is 357 cm³/mol. The molecule has 0 aliphatic heterocycles. The number of hydrogen-bond donors (Lipinski definition) is 0. The molecule has 0 atom stereocenters. The van der Waals surface area contributed by atoms with Crippen LogP contribution < -0.4 is 13.7 Å². The second kappa shape index (κ2) is 26.4. The number of benzene rings is 6. The first-order valence-corrected chi connectivity index (χ1v) is 31.6. The third-order valence-electron chi connectivity index (χ3n) is 19.0. The standard InChI is InChI=1S/C30H35F6N2.C27H34N.C22H25N2/c1-18-9-19(2)20(3)24(10-18)26-14-25(37-17-38(26)8)23-12-21(15-27(4,5)29(31,32)33)11-22(13-23)16-28(6,7)30(34,35)36;1-18-15-19(2)20(3)25(16-18)26-24-8-7-22(17-23(24)11-14-28(26)6)21-9-12-27(4,5)13-10-21;1-14-7-15(2)10-19(9-14)21-12-22(24(6)13-23-21)20-11-16(3)8-17(4)18(20)5/h9-14,17H,15-16H2,1-8H3;7-8,11,14-17,21H,9-10,12-13H2,1-6H3;7-13H,1-6H3/q3*+1. The van der Waals surface area contributed by atoms with Crippen LogP contribution >= 0.6 is 0 Å². The fraction of sp³-hybridized carbons (Fsp3) is 0.405. The highest BCUT2D eigenvalue weighted by Gasteiger charge is 2.48. The maximum absolute atomic E-state index is 13.7. The Labute approximate surface area is 532 Å². The highest BCUT2D eigenvalue weighted by Crippen LogP contribution is 2.45. The molecule has 0 spiro atoms. The van der Waals surface area contributed by atoms with Gasteiger partial charge in [0.05, 0.1) is 35.9 Å². The van der Waals surface area contributed by atoms with E-state index in [0.717, 1.165) is 67.3 Å². The van der Waals surface area contributed by atoms with Gasteiger partial charge in [-0.15, -0.1) is 0 Å². The van der Waals surface area contributed by atoms with E-state index in [0.29, 0.717) is 27.8 Å². The van der Waals surface area contributed by atoms with Crippen LogP contribution in [-0.4, -0.2) is 22.3 Å². The molecule has 1 fully saturated rings. The van der Waals surface area contributed by atoms with Crippen LogP contribution in [0.3, 0.4) is 0 Å². The molecule has 0 bridgehead atoms. The number of rotatable bonds is 10. The molecule has 6 aromatic carbocycles. The van der Waals surface area contributed by atoms with Crippen LogP contribution in [0.25, 0.3) is 67.1 Å². The van der Waals surface area contributed by atoms with Crippen LogP contribution in [-0.2, 0) is 34.0 Å². The van der Waals surface area contributed by atoms with Crippen molar-refractivity contribution >= 4 is 10.8 Å². The summed E-state index contributed by atoms with van der Waals surface area (Å²) in [5.41, 5.74) is 22.6. The lowest BCUT2D eigenvalue weighted by Gasteiger charge is -2.34. The quantitative estimate of drug-likeness (QED) is 0.101. The lowest BCUT2D eigenvalue weighted by atomic mass is 9.71. The molecule has 474 valence electrons. The smallest absolute Gasteiger partial charge is 0.232 e. The van der Waals surface area contributed by atoms with Crippen molar-refractivity contribution in [2.24, 2.45) is 37.4 Å². The largest absolute Gasteiger partial charge is 0.394 e. The Bertz CT molecular complexity index is 4070. The van der Waals surface area contributed by atoms with Crippen molar-refractivity contribution in [3.05, 3.63) is 206 Å². The molecule has 1 aliphatic rings. The summed E-state index contributed by atoms with van der Waals surface area (Å²) in [4.78, 5) is 9.15. The third-order valence-corrected chi connectivity index (χ3v) is 19.0. The Balaban J connectivity index is 0.000000179. The number of alkyl halides is 6. The fourth-order valence-electron chi connectivity index (χ4n) is 12.9. The van der Waals surface area contributed by atoms with E-state index in [-0.39, 0.29) is 12.8 Å². The molecule has 10 rings (SSSR count). The highest BCUT2D eigenvalue weighted by molar-refractivity contribution is 5.94. The summed E-state index contributed by atoms with van der Waals surface area (Å²) < 4.78 is 88.4. The molecule has 0 amide bonds. The number of hydrogen-bond acceptors (Lipinski definition) is 2. The molecule has 1 saturated carbocycles. The van der Waals surface area contributed by atoms with Crippen molar-refractivity contribution in [1.82, 2.24) is 9.97 Å². The van der Waals surface area contributed by atoms with E-state index in [4.69, 9.17) is 0 Å². The maximum Gasteiger partial charge on any atom is 0.394 e. The number of pyridine rings is 1. The average Bonchev–Trinajstić information content (AvgIpc) is 0.790. The van der Waals surface area contributed by atoms with E-state index in [9.17, 15) is 26.3 Å². The number of nitrogens with zero attached hydrogens (tertiary/aromatic N) is 5. The molecule has 90 heavy (non-hydrogen) atoms. The molecular weight excluding hydrogens is 1130 g/mol. The molecule has 0 radical (unpaired) electrons. The van der Waals surface area contributed by atoms with Crippen LogP contribution in [0.2, 0.25) is 0 Å². The van der Waals surface area contributed by atoms with Gasteiger partial charge in [-0.25, -0.2) is 13.7 Å². The van der Waals surface area contributed by atoms with Crippen LogP contribution in [0, 0.1) is 92.4 Å². The summed E-state index contributed by atoms with van der Waals surface area (Å²) in [5, 5.41) is 2.73. The summed E-state index contributed by atoms with van der Waals surface area (Å²) in [7, 11) is 6.08. The minimum Gasteiger partial charge on any atom is -0.232 e. The van der Waals surface area contributed by atoms with Gasteiger partial charge in [0.2, 0.25) is 5.69 Å². The Morgan fingerprint density at radius 2 is 0.856 bits per heavy atom. The monoisotopic (exact) mass is 1230 g/mol. The van der Waals surface area contributed by atoms with Crippen molar-refractivity contribution in [2.45, 2.75) is 174 Å². The SMILES string of the molecule is Cc1cc(C)c(C)c(-c2c3ccc(C4CCC(C)(C)CC4)cc3cc[n+]2C)c1.Cc1cc(C)c(C)c(-c2cc(-c3cc(CC(C)(C)C(F)(F)F)cc(CC(C)(C)C(F)(F)F)c3)nc[n+]2C)c1.Cc1cc(C)cc(-c2cc(-c3cc(C)cc(C)c3C)[n+](C)cn2)c1. The second-order valence-electron chi connectivity index (χ2n) is 28.4. The Morgan fingerprint density at radius 1 is 0.456 bits per heavy atom. The summed E-state index contributed by atoms with van der Waals surface area (Å²) >= 11 is 0. The average molecular weight is 1230 g/mol. The predicted octanol–water partition coefficient (Wildman–Crippen LogP) is 20.1. The van der Waals surface area contributed by atoms with Crippen LogP contribution in [0.4, 0.5) is 26.3 Å². The van der Waals surface area contributed by atoms with Gasteiger partial charge >= 0.3 is 12.4 Å². The van der Waals surface area contributed by atoms with Crippen LogP contribution in [0.1, 0.15) is 151 Å². The second-order valence-corrected chi connectivity index (χ2v) is 28.4. The van der Waals surface area contributed by atoms with Crippen molar-refractivity contribution in [2.75, 3.05) is 0 Å². The molecule has 3 heterocycles. The van der Waals surface area contributed by atoms with E-state index in [1.165, 1.54) is 121 Å². The van der Waals surface area contributed by atoms with Gasteiger partial charge in [0.1, 0.15) is 18.4 Å². The van der Waals surface area contributed by atoms with Crippen molar-refractivity contribution in [3.8, 4) is 56.3 Å². The topological polar surface area (TPSA) is 37.4 Å². The molecule has 5 nitrogen and oxygen atoms in total. The molecular formula is C79H94F6N5+3. The van der Waals surface area contributed by atoms with Crippen molar-refractivity contribution in [3.63, 3.8) is 0 Å². The van der Waals surface area contributed by atoms with Gasteiger partial charge in [0.15, 0.2) is 17.6 Å². The van der Waals surface area contributed by atoms with Gasteiger partial charge in [-0.1, -0.05) is 112 Å². The van der Waals surface area contributed by atoms with E-state index in [1.807, 2.05) is 44.8 Å². The van der Waals surface area contributed by atoms with Gasteiger partial charge in [0, 0.05) is 40.5 Å². The van der Waals surface area contributed by atoms with Gasteiger partial charge < -0.3 is 0 Å². The maximum atomic E-state index is 13.7. The Hall–Kier alpha value is -7.53. The zero-order chi connectivity index (χ0) is 66.3. The molecule has 1 aliphatic carbocycles. The first kappa shape index (κ1) is 68.4. The van der Waals surface area contributed by atoms with Crippen LogP contribution in [0.5, 0.6) is 0 Å². The first-order valence-electron chi connectivity index (χ1n) is 31.6. The number of aryl methyl sites for hydroxylation is 11. The number of fused-ring (bicyclic) bond motifs is 1. The Kier molecular flexibility index (Phi) is 20.0. The highest BCUT2D eigenvalue weighted by atomic mass is 19.4. The zero-order valence-corrected chi connectivity index (χ0v) is 56.9. The lowest BCUT2D eigenvalue weighted by molar-refractivity contribution is -0.663.